The van der Waals surface area contributed by atoms with Crippen molar-refractivity contribution in [1.82, 2.24) is 4.90 Å². The Bertz CT molecular complexity index is 1320. The van der Waals surface area contributed by atoms with E-state index < -0.39 is 30.5 Å². The number of alkyl halides is 7. The molecule has 270 valence electrons. The van der Waals surface area contributed by atoms with Gasteiger partial charge in [0.05, 0.1) is 6.54 Å². The number of hydrogen-bond acceptors (Lipinski definition) is 4. The monoisotopic (exact) mass is 691 g/mol. The van der Waals surface area contributed by atoms with Crippen molar-refractivity contribution < 1.29 is 49.9 Å². The topological polar surface area (TPSA) is 63.7 Å². The van der Waals surface area contributed by atoms with Crippen LogP contribution in [0.5, 0.6) is 5.75 Å². The molecule has 12 heteroatoms. The molecule has 0 saturated heterocycles. The predicted octanol–water partition coefficient (Wildman–Crippen LogP) is 9.46. The quantitative estimate of drug-likeness (QED) is 0.0796. The SMILES string of the molecule is CC(=O)Oc1ccc2c(c1)CC[C@@H]1[C@@H]2[C@@H](CCCCCCCCCCC(=O)N(C)CC(F)(F)C(F)(F)C(F)(F)F)C[C@]2(C)C(=O)CC[C@@H]12. The summed E-state index contributed by atoms with van der Waals surface area (Å²) in [5.41, 5.74) is 2.32. The molecule has 0 unspecified atom stereocenters. The highest BCUT2D eigenvalue weighted by molar-refractivity contribution is 5.87. The van der Waals surface area contributed by atoms with Crippen LogP contribution in [0.15, 0.2) is 18.2 Å². The first kappa shape index (κ1) is 38.1. The summed E-state index contributed by atoms with van der Waals surface area (Å²) in [6.45, 7) is 1.57. The minimum Gasteiger partial charge on any atom is -0.427 e. The van der Waals surface area contributed by atoms with Crippen molar-refractivity contribution in [2.24, 2.45) is 23.2 Å². The van der Waals surface area contributed by atoms with Crippen molar-refractivity contribution >= 4 is 17.7 Å². The lowest BCUT2D eigenvalue weighted by Crippen LogP contribution is -2.57. The van der Waals surface area contributed by atoms with Crippen LogP contribution in [0.25, 0.3) is 0 Å². The summed E-state index contributed by atoms with van der Waals surface area (Å²) in [4.78, 5) is 36.9. The fourth-order valence-corrected chi connectivity index (χ4v) is 8.77. The Kier molecular flexibility index (Phi) is 12.0. The lowest BCUT2D eigenvalue weighted by molar-refractivity contribution is -0.355. The standard InChI is InChI=1S/C36H48F7NO4/c1-23(45)48-26-15-17-27-24(20-26)14-16-28-29-18-19-30(46)33(29,2)21-25(32(27)28)12-10-8-6-4-5-7-9-11-13-31(47)44(3)22-34(37,38)35(39,40)36(41,42)43/h15,17,20,25,28-29,32H,4-14,16,18-19,21-22H2,1-3H3/t25-,28-,29-,32+,33-/m0/s1. The van der Waals surface area contributed by atoms with E-state index in [9.17, 15) is 45.1 Å². The van der Waals surface area contributed by atoms with Gasteiger partial charge in [0.2, 0.25) is 5.91 Å². The van der Waals surface area contributed by atoms with E-state index in [2.05, 4.69) is 13.0 Å². The Morgan fingerprint density at radius 3 is 2.17 bits per heavy atom. The largest absolute Gasteiger partial charge is 0.459 e. The maximum atomic E-state index is 13.6. The second-order valence-corrected chi connectivity index (χ2v) is 14.5. The summed E-state index contributed by atoms with van der Waals surface area (Å²) in [6.07, 6.45) is 5.62. The number of Topliss-reactive ketones (excluding diaryl/α,β-unsaturated/α-hetero) is 1. The second-order valence-electron chi connectivity index (χ2n) is 14.5. The Labute approximate surface area is 278 Å². The van der Waals surface area contributed by atoms with Crippen LogP contribution in [-0.4, -0.2) is 54.2 Å². The van der Waals surface area contributed by atoms with Crippen molar-refractivity contribution in [2.75, 3.05) is 13.6 Å². The van der Waals surface area contributed by atoms with Gasteiger partial charge in [-0.1, -0.05) is 57.9 Å². The number of aryl methyl sites for hydroxylation is 1. The zero-order valence-corrected chi connectivity index (χ0v) is 28.1. The first-order valence-electron chi connectivity index (χ1n) is 17.3. The van der Waals surface area contributed by atoms with Gasteiger partial charge in [0, 0.05) is 32.2 Å². The Morgan fingerprint density at radius 1 is 0.917 bits per heavy atom. The van der Waals surface area contributed by atoms with Crippen LogP contribution in [0.4, 0.5) is 30.7 Å². The fourth-order valence-electron chi connectivity index (χ4n) is 8.77. The summed E-state index contributed by atoms with van der Waals surface area (Å²) in [5, 5.41) is 0. The molecule has 0 aliphatic heterocycles. The third-order valence-corrected chi connectivity index (χ3v) is 11.2. The number of nitrogens with zero attached hydrogens (tertiary/aromatic N) is 1. The Morgan fingerprint density at radius 2 is 1.54 bits per heavy atom. The van der Waals surface area contributed by atoms with E-state index in [0.717, 1.165) is 77.7 Å². The van der Waals surface area contributed by atoms with Crippen LogP contribution in [0.2, 0.25) is 0 Å². The number of hydrogen-bond donors (Lipinski definition) is 0. The zero-order valence-electron chi connectivity index (χ0n) is 28.1. The van der Waals surface area contributed by atoms with Gasteiger partial charge in [-0.05, 0) is 85.5 Å². The van der Waals surface area contributed by atoms with Crippen LogP contribution < -0.4 is 4.74 Å². The molecule has 0 heterocycles. The number of rotatable bonds is 15. The highest BCUT2D eigenvalue weighted by Gasteiger charge is 2.73. The van der Waals surface area contributed by atoms with Crippen molar-refractivity contribution in [2.45, 2.75) is 134 Å². The van der Waals surface area contributed by atoms with Crippen LogP contribution in [0.1, 0.15) is 121 Å². The first-order valence-corrected chi connectivity index (χ1v) is 17.3. The molecule has 0 N–H and O–H groups in total. The number of halogens is 7. The maximum absolute atomic E-state index is 13.6. The third kappa shape index (κ3) is 8.20. The molecule has 1 aromatic rings. The smallest absolute Gasteiger partial charge is 0.427 e. The van der Waals surface area contributed by atoms with Crippen molar-refractivity contribution in [3.05, 3.63) is 29.3 Å². The molecule has 5 atom stereocenters. The van der Waals surface area contributed by atoms with Crippen LogP contribution in [-0.2, 0) is 20.8 Å². The van der Waals surface area contributed by atoms with E-state index in [4.69, 9.17) is 4.74 Å². The molecule has 5 nitrogen and oxygen atoms in total. The van der Waals surface area contributed by atoms with E-state index in [1.54, 1.807) is 0 Å². The minimum absolute atomic E-state index is 0.204. The summed E-state index contributed by atoms with van der Waals surface area (Å²) < 4.78 is 95.9. The minimum atomic E-state index is -6.42. The van der Waals surface area contributed by atoms with Gasteiger partial charge in [0.1, 0.15) is 11.5 Å². The van der Waals surface area contributed by atoms with E-state index >= 15 is 0 Å². The fraction of sp³-hybridized carbons (Fsp3) is 0.750. The lowest BCUT2D eigenvalue weighted by atomic mass is 9.51. The van der Waals surface area contributed by atoms with Gasteiger partial charge >= 0.3 is 24.0 Å². The van der Waals surface area contributed by atoms with Crippen LogP contribution in [0, 0.1) is 23.2 Å². The third-order valence-electron chi connectivity index (χ3n) is 11.2. The average Bonchev–Trinajstić information content (AvgIpc) is 3.29. The van der Waals surface area contributed by atoms with Gasteiger partial charge in [-0.3, -0.25) is 14.4 Å². The van der Waals surface area contributed by atoms with E-state index in [1.807, 2.05) is 12.1 Å². The van der Waals surface area contributed by atoms with Crippen molar-refractivity contribution in [3.8, 4) is 5.75 Å². The highest BCUT2D eigenvalue weighted by atomic mass is 19.4. The first-order chi connectivity index (χ1) is 22.4. The Hall–Kier alpha value is -2.66. The number of carbonyl (C=O) groups is 3. The zero-order chi connectivity index (χ0) is 35.5. The number of unbranched alkanes of at least 4 members (excludes halogenated alkanes) is 7. The van der Waals surface area contributed by atoms with Gasteiger partial charge in [-0.25, -0.2) is 0 Å². The molecule has 0 aromatic heterocycles. The van der Waals surface area contributed by atoms with Gasteiger partial charge < -0.3 is 9.64 Å². The Balaban J connectivity index is 1.19. The van der Waals surface area contributed by atoms with E-state index in [0.29, 0.717) is 54.5 Å². The molecule has 3 aliphatic carbocycles. The summed E-state index contributed by atoms with van der Waals surface area (Å²) >= 11 is 0. The number of benzene rings is 1. The average molecular weight is 692 g/mol. The van der Waals surface area contributed by atoms with Gasteiger partial charge in [0.25, 0.3) is 0 Å². The van der Waals surface area contributed by atoms with Crippen LogP contribution >= 0.6 is 0 Å². The van der Waals surface area contributed by atoms with E-state index in [1.165, 1.54) is 18.1 Å². The van der Waals surface area contributed by atoms with Gasteiger partial charge in [0.15, 0.2) is 0 Å². The van der Waals surface area contributed by atoms with Crippen molar-refractivity contribution in [1.29, 1.82) is 0 Å². The lowest BCUT2D eigenvalue weighted by Gasteiger charge is -2.52. The number of esters is 1. The molecule has 2 fully saturated rings. The molecule has 1 amide bonds. The predicted molar refractivity (Wildman–Crippen MR) is 166 cm³/mol. The second kappa shape index (κ2) is 15.1. The number of ether oxygens (including phenoxy) is 1. The van der Waals surface area contributed by atoms with Gasteiger partial charge in [-0.15, -0.1) is 0 Å². The summed E-state index contributed by atoms with van der Waals surface area (Å²) in [7, 11) is 0.801. The molecular formula is C36H48F7NO4. The number of carbonyl (C=O) groups excluding carboxylic acids is 3. The molecular weight excluding hydrogens is 643 g/mol. The van der Waals surface area contributed by atoms with Crippen LogP contribution in [0.3, 0.4) is 0 Å². The molecule has 3 aliphatic rings. The molecule has 0 bridgehead atoms. The van der Waals surface area contributed by atoms with E-state index in [-0.39, 0.29) is 22.7 Å². The highest BCUT2D eigenvalue weighted by Crippen LogP contribution is 2.62. The molecule has 1 aromatic carbocycles. The summed E-state index contributed by atoms with van der Waals surface area (Å²) in [5.74, 6) is -10.3. The normalized spacial score (nSPS) is 25.7. The summed E-state index contributed by atoms with van der Waals surface area (Å²) in [6, 6.07) is 6.02. The maximum Gasteiger partial charge on any atom is 0.459 e. The number of amides is 1. The molecule has 2 saturated carbocycles. The molecule has 48 heavy (non-hydrogen) atoms. The number of fused-ring (bicyclic) bond motifs is 5. The van der Waals surface area contributed by atoms with Gasteiger partial charge in [-0.2, -0.15) is 30.7 Å². The number of ketones is 1. The molecule has 0 radical (unpaired) electrons. The molecule has 0 spiro atoms. The molecule has 4 rings (SSSR count). The van der Waals surface area contributed by atoms with Crippen molar-refractivity contribution in [3.63, 3.8) is 0 Å².